The van der Waals surface area contributed by atoms with Crippen molar-refractivity contribution in [3.05, 3.63) is 16.6 Å². The van der Waals surface area contributed by atoms with Crippen LogP contribution >= 0.6 is 11.3 Å². The molecule has 0 radical (unpaired) electrons. The normalized spacial score (nSPS) is 25.2. The SMILES string of the molecule is CS(=O)(=O)C1CCCC1NCCc1nccs1. The summed E-state index contributed by atoms with van der Waals surface area (Å²) in [5.41, 5.74) is 0. The van der Waals surface area contributed by atoms with Gasteiger partial charge in [0.05, 0.1) is 10.3 Å². The Bertz CT molecular complexity index is 442. The third-order valence-electron chi connectivity index (χ3n) is 3.23. The standard InChI is InChI=1S/C11H18N2O2S2/c1-17(14,15)10-4-2-3-9(10)12-6-5-11-13-7-8-16-11/h7-10,12H,2-6H2,1H3. The van der Waals surface area contributed by atoms with Crippen LogP contribution in [0.1, 0.15) is 24.3 Å². The predicted molar refractivity (Wildman–Crippen MR) is 70.1 cm³/mol. The number of thiazole rings is 1. The van der Waals surface area contributed by atoms with Crippen LogP contribution in [0.15, 0.2) is 11.6 Å². The topological polar surface area (TPSA) is 59.1 Å². The first-order valence-electron chi connectivity index (χ1n) is 5.88. The monoisotopic (exact) mass is 274 g/mol. The van der Waals surface area contributed by atoms with Crippen molar-refractivity contribution in [2.75, 3.05) is 12.8 Å². The Morgan fingerprint density at radius 1 is 1.53 bits per heavy atom. The molecule has 1 aromatic rings. The number of hydrogen-bond acceptors (Lipinski definition) is 5. The van der Waals surface area contributed by atoms with E-state index in [1.807, 2.05) is 5.38 Å². The van der Waals surface area contributed by atoms with E-state index in [1.54, 1.807) is 17.5 Å². The Morgan fingerprint density at radius 2 is 2.35 bits per heavy atom. The molecule has 1 aliphatic carbocycles. The molecule has 6 heteroatoms. The molecule has 0 spiro atoms. The van der Waals surface area contributed by atoms with E-state index < -0.39 is 9.84 Å². The molecule has 2 unspecified atom stereocenters. The van der Waals surface area contributed by atoms with Crippen LogP contribution in [0, 0.1) is 0 Å². The Kier molecular flexibility index (Phi) is 4.17. The molecule has 2 atom stereocenters. The molecule has 2 rings (SSSR count). The van der Waals surface area contributed by atoms with Crippen LogP contribution in [0.2, 0.25) is 0 Å². The minimum atomic E-state index is -2.91. The molecule has 0 aromatic carbocycles. The fourth-order valence-electron chi connectivity index (χ4n) is 2.41. The number of hydrogen-bond donors (Lipinski definition) is 1. The average molecular weight is 274 g/mol. The van der Waals surface area contributed by atoms with Gasteiger partial charge in [0.2, 0.25) is 0 Å². The Hall–Kier alpha value is -0.460. The number of rotatable bonds is 5. The van der Waals surface area contributed by atoms with Gasteiger partial charge in [0.1, 0.15) is 0 Å². The fraction of sp³-hybridized carbons (Fsp3) is 0.727. The highest BCUT2D eigenvalue weighted by atomic mass is 32.2. The maximum atomic E-state index is 11.6. The maximum absolute atomic E-state index is 11.6. The van der Waals surface area contributed by atoms with Crippen molar-refractivity contribution >= 4 is 21.2 Å². The van der Waals surface area contributed by atoms with Crippen molar-refractivity contribution in [3.63, 3.8) is 0 Å². The van der Waals surface area contributed by atoms with Gasteiger partial charge in [-0.3, -0.25) is 0 Å². The molecule has 0 saturated heterocycles. The van der Waals surface area contributed by atoms with Crippen LogP contribution in [0.25, 0.3) is 0 Å². The summed E-state index contributed by atoms with van der Waals surface area (Å²) in [6, 6.07) is 0.130. The summed E-state index contributed by atoms with van der Waals surface area (Å²) < 4.78 is 23.2. The number of aromatic nitrogens is 1. The van der Waals surface area contributed by atoms with Crippen molar-refractivity contribution in [3.8, 4) is 0 Å². The molecule has 1 aromatic heterocycles. The summed E-state index contributed by atoms with van der Waals surface area (Å²) in [7, 11) is -2.91. The molecule has 1 heterocycles. The van der Waals surface area contributed by atoms with Crippen molar-refractivity contribution in [1.82, 2.24) is 10.3 Å². The van der Waals surface area contributed by atoms with Gasteiger partial charge in [-0.1, -0.05) is 6.42 Å². The van der Waals surface area contributed by atoms with E-state index in [-0.39, 0.29) is 11.3 Å². The van der Waals surface area contributed by atoms with Crippen LogP contribution in [0.5, 0.6) is 0 Å². The predicted octanol–water partition coefficient (Wildman–Crippen LogP) is 1.24. The lowest BCUT2D eigenvalue weighted by molar-refractivity contribution is 0.510. The first kappa shape index (κ1) is 13.0. The molecule has 0 aliphatic heterocycles. The Morgan fingerprint density at radius 3 is 3.00 bits per heavy atom. The zero-order valence-corrected chi connectivity index (χ0v) is 11.6. The fourth-order valence-corrected chi connectivity index (χ4v) is 4.46. The first-order valence-corrected chi connectivity index (χ1v) is 8.71. The maximum Gasteiger partial charge on any atom is 0.151 e. The number of nitrogens with zero attached hydrogens (tertiary/aromatic N) is 1. The molecule has 17 heavy (non-hydrogen) atoms. The van der Waals surface area contributed by atoms with Crippen LogP contribution in [0.4, 0.5) is 0 Å². The lowest BCUT2D eigenvalue weighted by Crippen LogP contribution is -2.40. The van der Waals surface area contributed by atoms with E-state index >= 15 is 0 Å². The third kappa shape index (κ3) is 3.50. The summed E-state index contributed by atoms with van der Waals surface area (Å²) in [6.07, 6.45) is 6.80. The minimum Gasteiger partial charge on any atom is -0.312 e. The largest absolute Gasteiger partial charge is 0.312 e. The van der Waals surface area contributed by atoms with Crippen molar-refractivity contribution in [2.45, 2.75) is 37.0 Å². The lowest BCUT2D eigenvalue weighted by Gasteiger charge is -2.19. The molecular formula is C11H18N2O2S2. The van der Waals surface area contributed by atoms with E-state index in [9.17, 15) is 8.42 Å². The second kappa shape index (κ2) is 5.46. The van der Waals surface area contributed by atoms with Gasteiger partial charge in [-0.25, -0.2) is 13.4 Å². The zero-order chi connectivity index (χ0) is 12.3. The summed E-state index contributed by atoms with van der Waals surface area (Å²) >= 11 is 1.64. The van der Waals surface area contributed by atoms with Gasteiger partial charge in [0.25, 0.3) is 0 Å². The molecule has 1 saturated carbocycles. The van der Waals surface area contributed by atoms with Crippen LogP contribution in [-0.2, 0) is 16.3 Å². The smallest absolute Gasteiger partial charge is 0.151 e. The molecule has 96 valence electrons. The van der Waals surface area contributed by atoms with Crippen molar-refractivity contribution in [1.29, 1.82) is 0 Å². The highest BCUT2D eigenvalue weighted by Gasteiger charge is 2.34. The van der Waals surface area contributed by atoms with Crippen LogP contribution in [0.3, 0.4) is 0 Å². The highest BCUT2D eigenvalue weighted by Crippen LogP contribution is 2.24. The van der Waals surface area contributed by atoms with Gasteiger partial charge in [-0.15, -0.1) is 11.3 Å². The van der Waals surface area contributed by atoms with E-state index in [4.69, 9.17) is 0 Å². The molecule has 4 nitrogen and oxygen atoms in total. The zero-order valence-electron chi connectivity index (χ0n) is 9.93. The third-order valence-corrected chi connectivity index (χ3v) is 5.73. The van der Waals surface area contributed by atoms with Gasteiger partial charge in [-0.2, -0.15) is 0 Å². The van der Waals surface area contributed by atoms with E-state index in [0.29, 0.717) is 0 Å². The lowest BCUT2D eigenvalue weighted by atomic mass is 10.2. The second-order valence-electron chi connectivity index (χ2n) is 4.54. The first-order chi connectivity index (χ1) is 8.07. The van der Waals surface area contributed by atoms with E-state index in [2.05, 4.69) is 10.3 Å². The van der Waals surface area contributed by atoms with Crippen molar-refractivity contribution < 1.29 is 8.42 Å². The second-order valence-corrected chi connectivity index (χ2v) is 7.78. The molecule has 1 N–H and O–H groups in total. The van der Waals surface area contributed by atoms with Gasteiger partial charge in [0, 0.05) is 36.8 Å². The Balaban J connectivity index is 1.82. The van der Waals surface area contributed by atoms with Gasteiger partial charge < -0.3 is 5.32 Å². The van der Waals surface area contributed by atoms with Crippen LogP contribution in [-0.4, -0.2) is 37.5 Å². The van der Waals surface area contributed by atoms with Gasteiger partial charge >= 0.3 is 0 Å². The molecule has 1 fully saturated rings. The Labute approximate surface area is 106 Å². The molecular weight excluding hydrogens is 256 g/mol. The van der Waals surface area contributed by atoms with Crippen molar-refractivity contribution in [2.24, 2.45) is 0 Å². The highest BCUT2D eigenvalue weighted by molar-refractivity contribution is 7.91. The molecule has 1 aliphatic rings. The summed E-state index contributed by atoms with van der Waals surface area (Å²) in [6.45, 7) is 0.810. The van der Waals surface area contributed by atoms with Gasteiger partial charge in [0.15, 0.2) is 9.84 Å². The number of nitrogens with one attached hydrogen (secondary N) is 1. The summed E-state index contributed by atoms with van der Waals surface area (Å²) in [4.78, 5) is 4.21. The number of sulfone groups is 1. The average Bonchev–Trinajstić information content (AvgIpc) is 2.86. The van der Waals surface area contributed by atoms with E-state index in [1.165, 1.54) is 6.26 Å². The quantitative estimate of drug-likeness (QED) is 0.877. The molecule has 0 bridgehead atoms. The van der Waals surface area contributed by atoms with Crippen LogP contribution < -0.4 is 5.32 Å². The van der Waals surface area contributed by atoms with Gasteiger partial charge in [-0.05, 0) is 12.8 Å². The molecule has 0 amide bonds. The minimum absolute atomic E-state index is 0.130. The summed E-state index contributed by atoms with van der Waals surface area (Å²) in [5.74, 6) is 0. The van der Waals surface area contributed by atoms with E-state index in [0.717, 1.165) is 37.2 Å². The summed E-state index contributed by atoms with van der Waals surface area (Å²) in [5, 5.41) is 6.23.